The highest BCUT2D eigenvalue weighted by Gasteiger charge is 2.12. The molecule has 0 aromatic carbocycles. The number of anilines is 2. The molecule has 27 heavy (non-hydrogen) atoms. The van der Waals surface area contributed by atoms with E-state index in [0.29, 0.717) is 45.8 Å². The number of aryl methyl sites for hydroxylation is 1. The van der Waals surface area contributed by atoms with Crippen LogP contribution in [0.1, 0.15) is 12.6 Å². The molecule has 0 saturated heterocycles. The van der Waals surface area contributed by atoms with Crippen molar-refractivity contribution in [1.82, 2.24) is 24.3 Å². The molecule has 4 N–H and O–H groups in total. The topological polar surface area (TPSA) is 123 Å². The van der Waals surface area contributed by atoms with E-state index in [0.717, 1.165) is 0 Å². The van der Waals surface area contributed by atoms with Crippen LogP contribution in [0.2, 0.25) is 0 Å². The maximum atomic E-state index is 8.82. The Balaban J connectivity index is 1.94. The molecule has 9 nitrogen and oxygen atoms in total. The standard InChI is InChI=1S/C18H21N7O2/c1-11(8-12(2)27-7-6-26)22-17-18-20-4-5-25(18)10-15(24-17)14-9-21-13(3)16(19)23-14/h4-5,8-10,26H,1,6-7H2,2-3H3,(H2,19,23)(H,22,24)/b12-8+. The van der Waals surface area contributed by atoms with Crippen molar-refractivity contribution in [2.75, 3.05) is 24.3 Å². The number of nitrogens with two attached hydrogens (primary N) is 1. The highest BCUT2D eigenvalue weighted by Crippen LogP contribution is 2.22. The third-order valence-corrected chi connectivity index (χ3v) is 3.71. The van der Waals surface area contributed by atoms with Crippen LogP contribution >= 0.6 is 0 Å². The Morgan fingerprint density at radius 3 is 2.93 bits per heavy atom. The number of hydrogen-bond donors (Lipinski definition) is 3. The first-order valence-corrected chi connectivity index (χ1v) is 8.29. The molecule has 0 amide bonds. The van der Waals surface area contributed by atoms with Gasteiger partial charge >= 0.3 is 0 Å². The number of nitrogen functional groups attached to an aromatic ring is 1. The minimum Gasteiger partial charge on any atom is -0.496 e. The van der Waals surface area contributed by atoms with Gasteiger partial charge in [-0.3, -0.25) is 4.98 Å². The van der Waals surface area contributed by atoms with Crippen LogP contribution in [0, 0.1) is 6.92 Å². The molecule has 3 aromatic rings. The third kappa shape index (κ3) is 4.21. The lowest BCUT2D eigenvalue weighted by atomic mass is 10.3. The molecule has 0 saturated carbocycles. The van der Waals surface area contributed by atoms with Gasteiger partial charge in [-0.2, -0.15) is 0 Å². The summed E-state index contributed by atoms with van der Waals surface area (Å²) in [7, 11) is 0. The van der Waals surface area contributed by atoms with E-state index in [2.05, 4.69) is 31.8 Å². The van der Waals surface area contributed by atoms with Gasteiger partial charge in [0.2, 0.25) is 0 Å². The van der Waals surface area contributed by atoms with Crippen LogP contribution in [0.5, 0.6) is 0 Å². The summed E-state index contributed by atoms with van der Waals surface area (Å²) in [5, 5.41) is 12.0. The van der Waals surface area contributed by atoms with Gasteiger partial charge in [-0.1, -0.05) is 6.58 Å². The number of ether oxygens (including phenoxy) is 1. The first-order chi connectivity index (χ1) is 13.0. The number of nitrogens with zero attached hydrogens (tertiary/aromatic N) is 5. The zero-order valence-corrected chi connectivity index (χ0v) is 15.2. The molecule has 0 aliphatic heterocycles. The van der Waals surface area contributed by atoms with Crippen LogP contribution in [0.25, 0.3) is 17.0 Å². The van der Waals surface area contributed by atoms with Gasteiger partial charge in [0.25, 0.3) is 0 Å². The lowest BCUT2D eigenvalue weighted by Gasteiger charge is -2.11. The second-order valence-corrected chi connectivity index (χ2v) is 5.84. The van der Waals surface area contributed by atoms with Crippen molar-refractivity contribution in [2.24, 2.45) is 0 Å². The molecular weight excluding hydrogens is 346 g/mol. The Kier molecular flexibility index (Phi) is 5.32. The highest BCUT2D eigenvalue weighted by molar-refractivity contribution is 5.70. The summed E-state index contributed by atoms with van der Waals surface area (Å²) in [6, 6.07) is 0. The molecule has 0 aliphatic carbocycles. The van der Waals surface area contributed by atoms with Gasteiger partial charge in [0.05, 0.1) is 24.3 Å². The molecule has 0 aliphatic rings. The first-order valence-electron chi connectivity index (χ1n) is 8.29. The van der Waals surface area contributed by atoms with Crippen molar-refractivity contribution >= 4 is 17.3 Å². The number of allylic oxidation sites excluding steroid dienone is 2. The Labute approximate surface area is 156 Å². The molecule has 0 radical (unpaired) electrons. The van der Waals surface area contributed by atoms with E-state index in [-0.39, 0.29) is 13.2 Å². The molecule has 140 valence electrons. The van der Waals surface area contributed by atoms with Crippen molar-refractivity contribution in [1.29, 1.82) is 0 Å². The molecule has 0 bridgehead atoms. The SMILES string of the molecule is C=C(/C=C(\C)OCCO)Nc1nc(-c2cnc(C)c(N)n2)cn2ccnc12. The first kappa shape index (κ1) is 18.3. The zero-order chi connectivity index (χ0) is 19.4. The van der Waals surface area contributed by atoms with Gasteiger partial charge in [-0.15, -0.1) is 0 Å². The lowest BCUT2D eigenvalue weighted by Crippen LogP contribution is -2.05. The number of aliphatic hydroxyl groups excluding tert-OH is 1. The molecule has 0 spiro atoms. The number of imidazole rings is 1. The average Bonchev–Trinajstić information content (AvgIpc) is 3.11. The monoisotopic (exact) mass is 367 g/mol. The number of aliphatic hydroxyl groups is 1. The predicted octanol–water partition coefficient (Wildman–Crippen LogP) is 1.92. The van der Waals surface area contributed by atoms with Crippen LogP contribution in [-0.4, -0.2) is 42.7 Å². The van der Waals surface area contributed by atoms with E-state index in [1.165, 1.54) is 0 Å². The van der Waals surface area contributed by atoms with Crippen LogP contribution in [0.4, 0.5) is 11.6 Å². The van der Waals surface area contributed by atoms with Crippen LogP contribution < -0.4 is 11.1 Å². The van der Waals surface area contributed by atoms with E-state index in [1.54, 1.807) is 38.5 Å². The van der Waals surface area contributed by atoms with Gasteiger partial charge in [0.1, 0.15) is 23.8 Å². The third-order valence-electron chi connectivity index (χ3n) is 3.71. The second-order valence-electron chi connectivity index (χ2n) is 5.84. The molecule has 3 heterocycles. The van der Waals surface area contributed by atoms with Crippen LogP contribution in [0.15, 0.2) is 48.9 Å². The largest absolute Gasteiger partial charge is 0.496 e. The van der Waals surface area contributed by atoms with Gasteiger partial charge < -0.3 is 25.3 Å². The maximum Gasteiger partial charge on any atom is 0.180 e. The molecule has 0 atom stereocenters. The minimum absolute atomic E-state index is 0.0515. The Bertz CT molecular complexity index is 1010. The van der Waals surface area contributed by atoms with Crippen LogP contribution in [-0.2, 0) is 4.74 Å². The Morgan fingerprint density at radius 1 is 1.37 bits per heavy atom. The predicted molar refractivity (Wildman–Crippen MR) is 103 cm³/mol. The smallest absolute Gasteiger partial charge is 0.180 e. The quantitative estimate of drug-likeness (QED) is 0.427. The maximum absolute atomic E-state index is 8.82. The summed E-state index contributed by atoms with van der Waals surface area (Å²) < 4.78 is 7.15. The van der Waals surface area contributed by atoms with Crippen molar-refractivity contribution in [3.8, 4) is 11.4 Å². The lowest BCUT2D eigenvalue weighted by molar-refractivity contribution is 0.146. The average molecular weight is 367 g/mol. The highest BCUT2D eigenvalue weighted by atomic mass is 16.5. The molecule has 9 heteroatoms. The second kappa shape index (κ2) is 7.83. The summed E-state index contributed by atoms with van der Waals surface area (Å²) in [6.45, 7) is 7.71. The van der Waals surface area contributed by atoms with E-state index in [1.807, 2.05) is 10.6 Å². The van der Waals surface area contributed by atoms with Gasteiger partial charge in [-0.25, -0.2) is 15.0 Å². The van der Waals surface area contributed by atoms with Crippen molar-refractivity contribution in [3.63, 3.8) is 0 Å². The number of hydrogen-bond acceptors (Lipinski definition) is 8. The van der Waals surface area contributed by atoms with Crippen molar-refractivity contribution < 1.29 is 9.84 Å². The number of aromatic nitrogens is 5. The molecule has 0 fully saturated rings. The number of fused-ring (bicyclic) bond motifs is 1. The summed E-state index contributed by atoms with van der Waals surface area (Å²) in [6.07, 6.45) is 8.63. The fourth-order valence-electron chi connectivity index (χ4n) is 2.41. The van der Waals surface area contributed by atoms with Gasteiger partial charge in [-0.05, 0) is 19.9 Å². The fourth-order valence-corrected chi connectivity index (χ4v) is 2.41. The van der Waals surface area contributed by atoms with Gasteiger partial charge in [0.15, 0.2) is 11.5 Å². The number of rotatable bonds is 7. The minimum atomic E-state index is -0.0515. The molecule has 3 aromatic heterocycles. The van der Waals surface area contributed by atoms with Gasteiger partial charge in [0, 0.05) is 24.3 Å². The summed E-state index contributed by atoms with van der Waals surface area (Å²) in [5.41, 5.74) is 8.88. The Hall–Kier alpha value is -3.46. The molecule has 0 unspecified atom stereocenters. The van der Waals surface area contributed by atoms with Crippen LogP contribution in [0.3, 0.4) is 0 Å². The normalized spacial score (nSPS) is 11.6. The van der Waals surface area contributed by atoms with E-state index in [4.69, 9.17) is 15.6 Å². The van der Waals surface area contributed by atoms with Crippen molar-refractivity contribution in [3.05, 3.63) is 54.6 Å². The summed E-state index contributed by atoms with van der Waals surface area (Å²) >= 11 is 0. The van der Waals surface area contributed by atoms with E-state index >= 15 is 0 Å². The summed E-state index contributed by atoms with van der Waals surface area (Å²) in [5.74, 6) is 1.49. The van der Waals surface area contributed by atoms with Crippen molar-refractivity contribution in [2.45, 2.75) is 13.8 Å². The number of nitrogens with one attached hydrogen (secondary N) is 1. The van der Waals surface area contributed by atoms with E-state index < -0.39 is 0 Å². The van der Waals surface area contributed by atoms with E-state index in [9.17, 15) is 0 Å². The Morgan fingerprint density at radius 2 is 2.19 bits per heavy atom. The zero-order valence-electron chi connectivity index (χ0n) is 15.2. The summed E-state index contributed by atoms with van der Waals surface area (Å²) in [4.78, 5) is 17.5. The molecule has 3 rings (SSSR count). The fraction of sp³-hybridized carbons (Fsp3) is 0.222. The molecular formula is C18H21N7O2.